The van der Waals surface area contributed by atoms with E-state index in [0.717, 1.165) is 15.3 Å². The highest BCUT2D eigenvalue weighted by molar-refractivity contribution is 7.22. The standard InChI is InChI=1S/C11H12ClN3OS/c12-7-3-1-4-8-10(7)17-11(15-8)14-6-2-5-9(13)16/h1,3-4H,2,5-6H2,(H2,13,16)(H,14,15). The Morgan fingerprint density at radius 3 is 3.06 bits per heavy atom. The minimum absolute atomic E-state index is 0.279. The van der Waals surface area contributed by atoms with Crippen LogP contribution in [-0.4, -0.2) is 17.4 Å². The van der Waals surface area contributed by atoms with Crippen LogP contribution in [0.3, 0.4) is 0 Å². The second kappa shape index (κ2) is 5.33. The number of rotatable bonds is 5. The van der Waals surface area contributed by atoms with E-state index in [1.54, 1.807) is 0 Å². The number of hydrogen-bond acceptors (Lipinski definition) is 4. The number of carbonyl (C=O) groups is 1. The van der Waals surface area contributed by atoms with E-state index in [1.807, 2.05) is 18.2 Å². The fraction of sp³-hybridized carbons (Fsp3) is 0.273. The van der Waals surface area contributed by atoms with Gasteiger partial charge in [0.25, 0.3) is 0 Å². The molecule has 90 valence electrons. The lowest BCUT2D eigenvalue weighted by Crippen LogP contribution is -2.12. The molecule has 2 rings (SSSR count). The lowest BCUT2D eigenvalue weighted by Gasteiger charge is -1.99. The quantitative estimate of drug-likeness (QED) is 0.820. The van der Waals surface area contributed by atoms with Gasteiger partial charge in [-0.15, -0.1) is 0 Å². The van der Waals surface area contributed by atoms with Gasteiger partial charge in [-0.05, 0) is 18.6 Å². The Bertz CT molecular complexity index is 540. The highest BCUT2D eigenvalue weighted by atomic mass is 35.5. The molecule has 0 radical (unpaired) electrons. The third kappa shape index (κ3) is 3.08. The zero-order valence-electron chi connectivity index (χ0n) is 9.07. The van der Waals surface area contributed by atoms with Gasteiger partial charge in [0.05, 0.1) is 15.2 Å². The maximum atomic E-state index is 10.6. The smallest absolute Gasteiger partial charge is 0.217 e. The number of thiazole rings is 1. The Hall–Kier alpha value is -1.33. The molecule has 1 aromatic carbocycles. The Morgan fingerprint density at radius 2 is 2.35 bits per heavy atom. The van der Waals surface area contributed by atoms with Crippen molar-refractivity contribution in [3.05, 3.63) is 23.2 Å². The molecule has 1 amide bonds. The molecule has 2 aromatic rings. The van der Waals surface area contributed by atoms with Crippen molar-refractivity contribution in [1.82, 2.24) is 4.98 Å². The Kier molecular flexibility index (Phi) is 3.81. The van der Waals surface area contributed by atoms with E-state index in [0.29, 0.717) is 24.4 Å². The molecule has 6 heteroatoms. The number of nitrogens with two attached hydrogens (primary N) is 1. The summed E-state index contributed by atoms with van der Waals surface area (Å²) in [5.41, 5.74) is 5.94. The summed E-state index contributed by atoms with van der Waals surface area (Å²) in [5.74, 6) is -0.279. The van der Waals surface area contributed by atoms with E-state index in [9.17, 15) is 4.79 Å². The fourth-order valence-electron chi connectivity index (χ4n) is 1.45. The highest BCUT2D eigenvalue weighted by Gasteiger charge is 2.06. The third-order valence-electron chi connectivity index (χ3n) is 2.24. The first-order valence-corrected chi connectivity index (χ1v) is 6.43. The van der Waals surface area contributed by atoms with E-state index in [1.165, 1.54) is 11.3 Å². The predicted octanol–water partition coefficient (Wildman–Crippen LogP) is 2.63. The van der Waals surface area contributed by atoms with E-state index in [4.69, 9.17) is 17.3 Å². The molecule has 17 heavy (non-hydrogen) atoms. The van der Waals surface area contributed by atoms with Gasteiger partial charge in [-0.3, -0.25) is 4.79 Å². The number of halogens is 1. The first kappa shape index (κ1) is 12.1. The predicted molar refractivity (Wildman–Crippen MR) is 71.5 cm³/mol. The first-order valence-electron chi connectivity index (χ1n) is 5.24. The van der Waals surface area contributed by atoms with Crippen LogP contribution in [0.4, 0.5) is 5.13 Å². The molecule has 0 fully saturated rings. The maximum Gasteiger partial charge on any atom is 0.217 e. The normalized spacial score (nSPS) is 10.6. The van der Waals surface area contributed by atoms with Gasteiger partial charge in [0.15, 0.2) is 5.13 Å². The third-order valence-corrected chi connectivity index (χ3v) is 3.73. The van der Waals surface area contributed by atoms with Crippen molar-refractivity contribution >= 4 is 44.2 Å². The van der Waals surface area contributed by atoms with Crippen molar-refractivity contribution in [1.29, 1.82) is 0 Å². The van der Waals surface area contributed by atoms with E-state index < -0.39 is 0 Å². The summed E-state index contributed by atoms with van der Waals surface area (Å²) in [4.78, 5) is 15.0. The minimum atomic E-state index is -0.279. The second-order valence-electron chi connectivity index (χ2n) is 3.60. The van der Waals surface area contributed by atoms with E-state index in [2.05, 4.69) is 10.3 Å². The van der Waals surface area contributed by atoms with E-state index in [-0.39, 0.29) is 5.91 Å². The van der Waals surface area contributed by atoms with Gasteiger partial charge in [0.2, 0.25) is 5.91 Å². The van der Waals surface area contributed by atoms with Gasteiger partial charge >= 0.3 is 0 Å². The van der Waals surface area contributed by atoms with Crippen LogP contribution in [0.1, 0.15) is 12.8 Å². The van der Waals surface area contributed by atoms with Gasteiger partial charge < -0.3 is 11.1 Å². The number of benzene rings is 1. The molecule has 0 saturated carbocycles. The fourth-order valence-corrected chi connectivity index (χ4v) is 2.63. The van der Waals surface area contributed by atoms with E-state index >= 15 is 0 Å². The van der Waals surface area contributed by atoms with Crippen molar-refractivity contribution in [3.8, 4) is 0 Å². The van der Waals surface area contributed by atoms with Crippen LogP contribution in [0.25, 0.3) is 10.2 Å². The minimum Gasteiger partial charge on any atom is -0.370 e. The van der Waals surface area contributed by atoms with Crippen LogP contribution in [-0.2, 0) is 4.79 Å². The molecule has 0 atom stereocenters. The lowest BCUT2D eigenvalue weighted by molar-refractivity contribution is -0.118. The number of anilines is 1. The van der Waals surface area contributed by atoms with Gasteiger partial charge in [0, 0.05) is 13.0 Å². The Labute approximate surface area is 108 Å². The van der Waals surface area contributed by atoms with Crippen molar-refractivity contribution in [2.45, 2.75) is 12.8 Å². The molecule has 4 nitrogen and oxygen atoms in total. The summed E-state index contributed by atoms with van der Waals surface area (Å²) in [7, 11) is 0. The number of carbonyl (C=O) groups excluding carboxylic acids is 1. The van der Waals surface area contributed by atoms with Gasteiger partial charge in [-0.25, -0.2) is 4.98 Å². The van der Waals surface area contributed by atoms with Crippen molar-refractivity contribution in [2.24, 2.45) is 5.73 Å². The maximum absolute atomic E-state index is 10.6. The summed E-state index contributed by atoms with van der Waals surface area (Å²) in [6.07, 6.45) is 1.09. The van der Waals surface area contributed by atoms with Crippen LogP contribution in [0.15, 0.2) is 18.2 Å². The highest BCUT2D eigenvalue weighted by Crippen LogP contribution is 2.31. The first-order chi connectivity index (χ1) is 8.16. The van der Waals surface area contributed by atoms with Crippen molar-refractivity contribution < 1.29 is 4.79 Å². The topological polar surface area (TPSA) is 68.0 Å². The molecule has 0 bridgehead atoms. The summed E-state index contributed by atoms with van der Waals surface area (Å²) in [6.45, 7) is 0.681. The molecular weight excluding hydrogens is 258 g/mol. The van der Waals surface area contributed by atoms with Crippen molar-refractivity contribution in [2.75, 3.05) is 11.9 Å². The van der Waals surface area contributed by atoms with Crippen LogP contribution < -0.4 is 11.1 Å². The zero-order valence-corrected chi connectivity index (χ0v) is 10.6. The van der Waals surface area contributed by atoms with Gasteiger partial charge in [0.1, 0.15) is 0 Å². The van der Waals surface area contributed by atoms with Crippen LogP contribution in [0.5, 0.6) is 0 Å². The number of hydrogen-bond donors (Lipinski definition) is 2. The van der Waals surface area contributed by atoms with Crippen LogP contribution in [0.2, 0.25) is 5.02 Å². The summed E-state index contributed by atoms with van der Waals surface area (Å²) < 4.78 is 0.978. The molecule has 1 aromatic heterocycles. The van der Waals surface area contributed by atoms with Crippen molar-refractivity contribution in [3.63, 3.8) is 0 Å². The van der Waals surface area contributed by atoms with Crippen LogP contribution in [0, 0.1) is 0 Å². The molecule has 0 saturated heterocycles. The Balaban J connectivity index is 2.00. The Morgan fingerprint density at radius 1 is 1.53 bits per heavy atom. The molecular formula is C11H12ClN3OS. The summed E-state index contributed by atoms with van der Waals surface area (Å²) >= 11 is 7.57. The molecule has 3 N–H and O–H groups in total. The molecule has 0 spiro atoms. The monoisotopic (exact) mass is 269 g/mol. The molecule has 0 aliphatic heterocycles. The number of nitrogens with one attached hydrogen (secondary N) is 1. The summed E-state index contributed by atoms with van der Waals surface area (Å²) in [6, 6.07) is 5.65. The second-order valence-corrected chi connectivity index (χ2v) is 5.01. The molecule has 0 unspecified atom stereocenters. The SMILES string of the molecule is NC(=O)CCCNc1nc2cccc(Cl)c2s1. The van der Waals surface area contributed by atoms with Gasteiger partial charge in [-0.2, -0.15) is 0 Å². The molecule has 0 aliphatic carbocycles. The number of fused-ring (bicyclic) bond motifs is 1. The largest absolute Gasteiger partial charge is 0.370 e. The summed E-state index contributed by atoms with van der Waals surface area (Å²) in [5, 5.41) is 4.69. The molecule has 1 heterocycles. The average molecular weight is 270 g/mol. The van der Waals surface area contributed by atoms with Gasteiger partial charge in [-0.1, -0.05) is 29.0 Å². The average Bonchev–Trinajstić information content (AvgIpc) is 2.69. The molecule has 0 aliphatic rings. The zero-order chi connectivity index (χ0) is 12.3. The van der Waals surface area contributed by atoms with Crippen LogP contribution >= 0.6 is 22.9 Å². The number of primary amides is 1. The lowest BCUT2D eigenvalue weighted by atomic mass is 10.3. The number of aromatic nitrogens is 1. The number of amides is 1. The number of nitrogens with zero attached hydrogens (tertiary/aromatic N) is 1.